The third kappa shape index (κ3) is 39.5. The number of carboxylic acids is 1. The Morgan fingerprint density at radius 1 is 0.542 bits per heavy atom. The van der Waals surface area contributed by atoms with Crippen molar-refractivity contribution in [1.82, 2.24) is 0 Å². The third-order valence-electron chi connectivity index (χ3n) is 9.52. The number of likely N-dealkylation sites (N-methyl/N-ethyl adjacent to an activating group) is 1. The maximum Gasteiger partial charge on any atom is 0.306 e. The van der Waals surface area contributed by atoms with E-state index in [0.29, 0.717) is 6.42 Å². The van der Waals surface area contributed by atoms with Crippen molar-refractivity contribution in [3.8, 4) is 0 Å². The molecule has 0 aliphatic heterocycles. The summed E-state index contributed by atoms with van der Waals surface area (Å²) in [6.07, 6.45) is 54.4. The van der Waals surface area contributed by atoms with Crippen LogP contribution in [0.15, 0.2) is 97.2 Å². The van der Waals surface area contributed by atoms with Crippen molar-refractivity contribution < 1.29 is 38.2 Å². The van der Waals surface area contributed by atoms with Gasteiger partial charge in [0, 0.05) is 19.3 Å². The number of allylic oxidation sites excluding steroid dienone is 16. The van der Waals surface area contributed by atoms with Gasteiger partial charge in [-0.3, -0.25) is 9.59 Å². The number of carbonyl (C=O) groups excluding carboxylic acids is 3. The van der Waals surface area contributed by atoms with Crippen LogP contribution in [0, 0.1) is 0 Å². The molecule has 0 aliphatic rings. The smallest absolute Gasteiger partial charge is 0.306 e. The van der Waals surface area contributed by atoms with E-state index in [1.54, 1.807) is 21.1 Å². The fraction of sp³-hybridized carbons (Fsp3) is 0.627. The minimum Gasteiger partial charge on any atom is -0.544 e. The van der Waals surface area contributed by atoms with Crippen LogP contribution in [0.3, 0.4) is 0 Å². The number of esters is 2. The molecule has 0 saturated carbocycles. The number of nitrogens with zero attached hydrogens (tertiary/aromatic N) is 1. The topological polar surface area (TPSA) is 102 Å². The minimum atomic E-state index is -1.14. The van der Waals surface area contributed by atoms with Gasteiger partial charge in [0.15, 0.2) is 6.10 Å². The molecule has 0 aromatic heterocycles. The van der Waals surface area contributed by atoms with Gasteiger partial charge in [-0.2, -0.15) is 0 Å². The summed E-state index contributed by atoms with van der Waals surface area (Å²) in [7, 11) is 5.37. The highest BCUT2D eigenvalue weighted by molar-refractivity contribution is 5.70. The third-order valence-corrected chi connectivity index (χ3v) is 9.52. The van der Waals surface area contributed by atoms with Crippen LogP contribution in [0.5, 0.6) is 0 Å². The number of aliphatic carboxylic acids is 1. The molecule has 0 aliphatic carbocycles. The molecule has 334 valence electrons. The number of ether oxygens (including phenoxy) is 3. The van der Waals surface area contributed by atoms with Gasteiger partial charge in [-0.25, -0.2) is 0 Å². The van der Waals surface area contributed by atoms with Gasteiger partial charge in [0.25, 0.3) is 0 Å². The van der Waals surface area contributed by atoms with Gasteiger partial charge in [-0.15, -0.1) is 0 Å². The first-order chi connectivity index (χ1) is 28.6. The number of rotatable bonds is 39. The van der Waals surface area contributed by atoms with E-state index in [4.69, 9.17) is 14.2 Å². The lowest BCUT2D eigenvalue weighted by Crippen LogP contribution is -2.55. The van der Waals surface area contributed by atoms with E-state index >= 15 is 0 Å². The number of hydrogen-bond acceptors (Lipinski definition) is 7. The van der Waals surface area contributed by atoms with Crippen LogP contribution in [0.1, 0.15) is 155 Å². The highest BCUT2D eigenvalue weighted by Gasteiger charge is 2.25. The van der Waals surface area contributed by atoms with E-state index < -0.39 is 18.1 Å². The fourth-order valence-corrected chi connectivity index (χ4v) is 5.99. The molecule has 0 amide bonds. The van der Waals surface area contributed by atoms with Crippen molar-refractivity contribution in [2.75, 3.05) is 41.0 Å². The molecule has 0 spiro atoms. The molecule has 0 saturated heterocycles. The summed E-state index contributed by atoms with van der Waals surface area (Å²) in [5.41, 5.74) is 0. The van der Waals surface area contributed by atoms with Crippen molar-refractivity contribution in [1.29, 1.82) is 0 Å². The van der Waals surface area contributed by atoms with Crippen LogP contribution in [-0.2, 0) is 28.6 Å². The summed E-state index contributed by atoms with van der Waals surface area (Å²) >= 11 is 0. The summed E-state index contributed by atoms with van der Waals surface area (Å²) in [6, 6.07) is -0.744. The Morgan fingerprint density at radius 3 is 1.58 bits per heavy atom. The highest BCUT2D eigenvalue weighted by atomic mass is 16.6. The summed E-state index contributed by atoms with van der Waals surface area (Å²) < 4.78 is 17.1. The van der Waals surface area contributed by atoms with E-state index in [0.717, 1.165) is 83.5 Å². The molecular formula is C51H83NO7. The maximum atomic E-state index is 12.7. The number of unbranched alkanes of at least 4 members (excludes halogenated alkanes) is 11. The number of carboxylic acid groups (broad SMARTS) is 1. The van der Waals surface area contributed by atoms with Crippen LogP contribution >= 0.6 is 0 Å². The van der Waals surface area contributed by atoms with Crippen molar-refractivity contribution in [2.45, 2.75) is 167 Å². The molecule has 0 aromatic carbocycles. The van der Waals surface area contributed by atoms with Crippen LogP contribution in [-0.4, -0.2) is 75.5 Å². The van der Waals surface area contributed by atoms with Gasteiger partial charge in [-0.1, -0.05) is 156 Å². The van der Waals surface area contributed by atoms with Gasteiger partial charge < -0.3 is 28.6 Å². The van der Waals surface area contributed by atoms with Gasteiger partial charge in [0.05, 0.1) is 40.3 Å². The molecule has 0 radical (unpaired) electrons. The molecule has 0 fully saturated rings. The summed E-state index contributed by atoms with van der Waals surface area (Å²) in [6.45, 7) is 4.43. The molecule has 0 heterocycles. The lowest BCUT2D eigenvalue weighted by Gasteiger charge is -2.34. The standard InChI is InChI=1S/C51H83NO7/c1-6-8-10-12-14-16-18-20-22-24-26-28-30-32-34-36-38-40-42-50(54)59-47(45-57-44-43-48(51(55)56)52(3,4)5)46-58-49(53)41-39-37-35-33-31-29-27-25-23-21-19-17-15-13-11-9-7-2/h9,11,15,17-18,20-24,26-29,33,35,47-48H,6-8,10,12-14,16,19,25,30-32,34,36-46H2,1-5H3/b11-9+,17-15+,20-18+,23-21+,24-22+,28-26+,29-27+,35-33+. The molecule has 8 nitrogen and oxygen atoms in total. The van der Waals surface area contributed by atoms with Crippen LogP contribution in [0.2, 0.25) is 0 Å². The molecule has 0 rings (SSSR count). The molecule has 8 heteroatoms. The lowest BCUT2D eigenvalue weighted by molar-refractivity contribution is -0.889. The van der Waals surface area contributed by atoms with Crippen molar-refractivity contribution in [3.05, 3.63) is 97.2 Å². The predicted molar refractivity (Wildman–Crippen MR) is 245 cm³/mol. The largest absolute Gasteiger partial charge is 0.544 e. The number of quaternary nitrogens is 1. The van der Waals surface area contributed by atoms with Crippen LogP contribution in [0.4, 0.5) is 0 Å². The Balaban J connectivity index is 4.49. The van der Waals surface area contributed by atoms with Crippen molar-refractivity contribution in [2.24, 2.45) is 0 Å². The molecule has 0 bridgehead atoms. The van der Waals surface area contributed by atoms with Crippen molar-refractivity contribution >= 4 is 17.9 Å². The van der Waals surface area contributed by atoms with E-state index in [1.807, 2.05) is 0 Å². The average molecular weight is 822 g/mol. The van der Waals surface area contributed by atoms with Gasteiger partial charge in [-0.05, 0) is 77.0 Å². The SMILES string of the molecule is CC/C=C/C/C=C/C/C=C/C/C=C/C/C=C/CCCC(=O)OCC(COCCC(C(=O)[O-])[N+](C)(C)C)OC(=O)CCCCCCC/C=C/C=C/C=C/CCCCCCC. The second-order valence-corrected chi connectivity index (χ2v) is 16.0. The summed E-state index contributed by atoms with van der Waals surface area (Å²) in [5.74, 6) is -1.85. The zero-order valence-electron chi connectivity index (χ0n) is 37.9. The molecule has 2 atom stereocenters. The van der Waals surface area contributed by atoms with Gasteiger partial charge >= 0.3 is 11.9 Å². The first-order valence-electron chi connectivity index (χ1n) is 22.8. The Labute approximate surface area is 360 Å². The normalized spacial score (nSPS) is 13.8. The Hall–Kier alpha value is -3.75. The second kappa shape index (κ2) is 41.0. The van der Waals surface area contributed by atoms with Crippen molar-refractivity contribution in [3.63, 3.8) is 0 Å². The Morgan fingerprint density at radius 2 is 1.03 bits per heavy atom. The van der Waals surface area contributed by atoms with E-state index in [-0.39, 0.29) is 55.5 Å². The molecule has 0 aromatic rings. The van der Waals surface area contributed by atoms with Crippen LogP contribution < -0.4 is 5.11 Å². The first kappa shape index (κ1) is 55.2. The van der Waals surface area contributed by atoms with E-state index in [9.17, 15) is 19.5 Å². The lowest BCUT2D eigenvalue weighted by atomic mass is 10.1. The second-order valence-electron chi connectivity index (χ2n) is 16.0. The number of hydrogen-bond donors (Lipinski definition) is 0. The van der Waals surface area contributed by atoms with Crippen LogP contribution in [0.25, 0.3) is 0 Å². The summed E-state index contributed by atoms with van der Waals surface area (Å²) in [4.78, 5) is 36.9. The number of carbonyl (C=O) groups is 3. The summed E-state index contributed by atoms with van der Waals surface area (Å²) in [5, 5.41) is 11.6. The van der Waals surface area contributed by atoms with E-state index in [1.165, 1.54) is 32.1 Å². The molecular weight excluding hydrogens is 739 g/mol. The predicted octanol–water partition coefficient (Wildman–Crippen LogP) is 11.4. The maximum absolute atomic E-state index is 12.7. The van der Waals surface area contributed by atoms with Gasteiger partial charge in [0.1, 0.15) is 12.6 Å². The average Bonchev–Trinajstić information content (AvgIpc) is 3.19. The Bertz CT molecular complexity index is 1280. The first-order valence-corrected chi connectivity index (χ1v) is 22.8. The molecule has 0 N–H and O–H groups in total. The fourth-order valence-electron chi connectivity index (χ4n) is 5.99. The van der Waals surface area contributed by atoms with E-state index in [2.05, 4.69) is 111 Å². The Kier molecular flexibility index (Phi) is 38.4. The highest BCUT2D eigenvalue weighted by Crippen LogP contribution is 2.12. The zero-order valence-corrected chi connectivity index (χ0v) is 37.9. The quantitative estimate of drug-likeness (QED) is 0.0200. The molecule has 59 heavy (non-hydrogen) atoms. The zero-order chi connectivity index (χ0) is 43.5. The minimum absolute atomic E-state index is 0.00802. The molecule has 2 unspecified atom stereocenters. The van der Waals surface area contributed by atoms with Gasteiger partial charge in [0.2, 0.25) is 0 Å². The monoisotopic (exact) mass is 822 g/mol.